The molecule has 3 N–H and O–H groups in total. The van der Waals surface area contributed by atoms with E-state index in [9.17, 15) is 38.1 Å². The molecule has 0 aromatic heterocycles. The van der Waals surface area contributed by atoms with Crippen LogP contribution in [0.4, 0.5) is 18.0 Å². The smallest absolute Gasteiger partial charge is 0.441 e. The van der Waals surface area contributed by atoms with Crippen molar-refractivity contribution < 1.29 is 37.5 Å². The van der Waals surface area contributed by atoms with Crippen LogP contribution in [0.2, 0.25) is 0 Å². The number of alkyl halides is 2. The predicted molar refractivity (Wildman–Crippen MR) is 137 cm³/mol. The van der Waals surface area contributed by atoms with Crippen molar-refractivity contribution in [2.75, 3.05) is 26.2 Å². The molecule has 2 heterocycles. The number of carbonyl (C=O) groups excluding carboxylic acids is 2. The van der Waals surface area contributed by atoms with Crippen molar-refractivity contribution in [1.82, 2.24) is 15.1 Å². The molecule has 1 aromatic rings. The lowest BCUT2D eigenvalue weighted by molar-refractivity contribution is -0.133. The highest BCUT2D eigenvalue weighted by molar-refractivity contribution is 6.43. The summed E-state index contributed by atoms with van der Waals surface area (Å²) < 4.78 is 46.2. The number of nitriles is 1. The Hall–Kier alpha value is -3.08. The van der Waals surface area contributed by atoms with Gasteiger partial charge in [-0.2, -0.15) is 5.26 Å². The summed E-state index contributed by atoms with van der Waals surface area (Å²) >= 11 is 0. The zero-order valence-corrected chi connectivity index (χ0v) is 22.3. The van der Waals surface area contributed by atoms with Gasteiger partial charge in [0.15, 0.2) is 0 Å². The molecule has 2 aliphatic heterocycles. The number of hydrogen-bond donors (Lipinski definition) is 3. The van der Waals surface area contributed by atoms with Crippen LogP contribution >= 0.6 is 0 Å². The summed E-state index contributed by atoms with van der Waals surface area (Å²) in [5.41, 5.74) is -1.72. The standard InChI is InChI=1S/C26H34BF3N4O5/c1-24(2,34-12-10-26(29,30)17-34)14-19(15-31)22(35)33-11-4-9-25(3,16-33)39-23(36)32-21(27(37)38)13-18-5-7-20(28)8-6-18/h5-8,14,21,37-38H,4,9-13,16-17H2,1-3H3,(H,32,36). The quantitative estimate of drug-likeness (QED) is 0.258. The van der Waals surface area contributed by atoms with Gasteiger partial charge in [-0.1, -0.05) is 12.1 Å². The van der Waals surface area contributed by atoms with E-state index >= 15 is 0 Å². The fourth-order valence-electron chi connectivity index (χ4n) is 4.96. The minimum Gasteiger partial charge on any atom is -0.441 e. The molecule has 2 unspecified atom stereocenters. The number of nitrogens with zero attached hydrogens (tertiary/aromatic N) is 3. The van der Waals surface area contributed by atoms with Gasteiger partial charge in [0.05, 0.1) is 19.0 Å². The lowest BCUT2D eigenvalue weighted by Crippen LogP contribution is -2.54. The van der Waals surface area contributed by atoms with E-state index in [0.717, 1.165) is 0 Å². The first kappa shape index (κ1) is 30.5. The first-order valence-electron chi connectivity index (χ1n) is 12.8. The molecule has 2 aliphatic rings. The summed E-state index contributed by atoms with van der Waals surface area (Å²) in [6, 6.07) is 7.24. The largest absolute Gasteiger partial charge is 0.475 e. The highest BCUT2D eigenvalue weighted by atomic mass is 19.3. The Morgan fingerprint density at radius 3 is 2.46 bits per heavy atom. The van der Waals surface area contributed by atoms with E-state index in [0.29, 0.717) is 24.9 Å². The van der Waals surface area contributed by atoms with Gasteiger partial charge in [0.1, 0.15) is 23.1 Å². The molecular formula is C26H34BF3N4O5. The molecule has 2 amide bonds. The number of halogens is 3. The molecule has 212 valence electrons. The summed E-state index contributed by atoms with van der Waals surface area (Å²) in [6.45, 7) is 4.93. The van der Waals surface area contributed by atoms with E-state index in [1.165, 1.54) is 40.1 Å². The van der Waals surface area contributed by atoms with Gasteiger partial charge >= 0.3 is 13.2 Å². The van der Waals surface area contributed by atoms with Crippen LogP contribution in [-0.2, 0) is 16.0 Å². The second kappa shape index (κ2) is 12.0. The van der Waals surface area contributed by atoms with E-state index < -0.39 is 54.5 Å². The summed E-state index contributed by atoms with van der Waals surface area (Å²) in [7, 11) is -1.91. The maximum Gasteiger partial charge on any atom is 0.475 e. The number of rotatable bonds is 8. The Bertz CT molecular complexity index is 1130. The average Bonchev–Trinajstić information content (AvgIpc) is 3.23. The lowest BCUT2D eigenvalue weighted by Gasteiger charge is -2.40. The number of hydrogen-bond acceptors (Lipinski definition) is 7. The zero-order chi connectivity index (χ0) is 29.0. The van der Waals surface area contributed by atoms with Crippen LogP contribution in [0.5, 0.6) is 0 Å². The van der Waals surface area contributed by atoms with Gasteiger partial charge in [0.25, 0.3) is 11.8 Å². The van der Waals surface area contributed by atoms with Crippen LogP contribution in [0.1, 0.15) is 45.6 Å². The molecule has 0 aliphatic carbocycles. The molecule has 39 heavy (non-hydrogen) atoms. The van der Waals surface area contributed by atoms with Crippen molar-refractivity contribution in [2.24, 2.45) is 0 Å². The summed E-state index contributed by atoms with van der Waals surface area (Å²) in [5.74, 6) is -5.00. The first-order valence-corrected chi connectivity index (χ1v) is 12.8. The molecule has 2 fully saturated rings. The molecule has 1 aromatic carbocycles. The van der Waals surface area contributed by atoms with Gasteiger partial charge in [0, 0.05) is 25.0 Å². The van der Waals surface area contributed by atoms with Crippen LogP contribution < -0.4 is 5.32 Å². The van der Waals surface area contributed by atoms with E-state index in [1.807, 2.05) is 6.07 Å². The lowest BCUT2D eigenvalue weighted by atomic mass is 9.76. The summed E-state index contributed by atoms with van der Waals surface area (Å²) in [5, 5.41) is 31.6. The number of alkyl carbamates (subject to hydrolysis) is 1. The normalized spacial score (nSPS) is 22.6. The first-order chi connectivity index (χ1) is 18.1. The van der Waals surface area contributed by atoms with E-state index in [2.05, 4.69) is 5.32 Å². The molecular weight excluding hydrogens is 516 g/mol. The van der Waals surface area contributed by atoms with E-state index in [1.54, 1.807) is 20.8 Å². The second-order valence-corrected chi connectivity index (χ2v) is 11.0. The number of likely N-dealkylation sites (tertiary alicyclic amines) is 2. The number of piperidine rings is 1. The van der Waals surface area contributed by atoms with Crippen molar-refractivity contribution in [3.63, 3.8) is 0 Å². The molecule has 2 atom stereocenters. The number of benzene rings is 1. The molecule has 0 radical (unpaired) electrons. The maximum atomic E-state index is 13.7. The van der Waals surface area contributed by atoms with Crippen LogP contribution in [0.25, 0.3) is 0 Å². The summed E-state index contributed by atoms with van der Waals surface area (Å²) in [4.78, 5) is 28.8. The van der Waals surface area contributed by atoms with E-state index in [4.69, 9.17) is 4.74 Å². The third-order valence-corrected chi connectivity index (χ3v) is 7.15. The SMILES string of the molecule is CC1(OC(=O)NC(Cc2ccc(F)cc2)B(O)O)CCCN(C(=O)C(C#N)=CC(C)(C)N2CCC(F)(F)C2)C1. The van der Waals surface area contributed by atoms with Crippen LogP contribution in [0, 0.1) is 17.1 Å². The molecule has 0 spiro atoms. The van der Waals surface area contributed by atoms with Gasteiger partial charge in [-0.25, -0.2) is 18.0 Å². The Morgan fingerprint density at radius 1 is 1.23 bits per heavy atom. The molecule has 2 saturated heterocycles. The predicted octanol–water partition coefficient (Wildman–Crippen LogP) is 2.43. The van der Waals surface area contributed by atoms with Crippen molar-refractivity contribution in [3.8, 4) is 6.07 Å². The van der Waals surface area contributed by atoms with Gasteiger partial charge in [-0.3, -0.25) is 9.69 Å². The van der Waals surface area contributed by atoms with E-state index in [-0.39, 0.29) is 31.5 Å². The summed E-state index contributed by atoms with van der Waals surface area (Å²) in [6.07, 6.45) is 1.07. The van der Waals surface area contributed by atoms with Crippen LogP contribution in [0.3, 0.4) is 0 Å². The Kier molecular flexibility index (Phi) is 9.36. The molecule has 3 rings (SSSR count). The average molecular weight is 550 g/mol. The Balaban J connectivity index is 1.65. The molecule has 9 nitrogen and oxygen atoms in total. The molecule has 0 saturated carbocycles. The third-order valence-electron chi connectivity index (χ3n) is 7.15. The monoisotopic (exact) mass is 550 g/mol. The number of carbonyl (C=O) groups is 2. The van der Waals surface area contributed by atoms with Gasteiger partial charge in [-0.15, -0.1) is 0 Å². The number of nitrogens with one attached hydrogen (secondary N) is 1. The van der Waals surface area contributed by atoms with Gasteiger partial charge in [-0.05, 0) is 63.8 Å². The Labute approximate surface area is 226 Å². The highest BCUT2D eigenvalue weighted by Gasteiger charge is 2.44. The maximum absolute atomic E-state index is 13.7. The second-order valence-electron chi connectivity index (χ2n) is 11.0. The van der Waals surface area contributed by atoms with Crippen LogP contribution in [0.15, 0.2) is 35.9 Å². The topological polar surface area (TPSA) is 126 Å². The minimum absolute atomic E-state index is 0.00340. The Morgan fingerprint density at radius 2 is 1.90 bits per heavy atom. The van der Waals surface area contributed by atoms with Crippen molar-refractivity contribution >= 4 is 19.1 Å². The zero-order valence-electron chi connectivity index (χ0n) is 22.3. The molecule has 13 heteroatoms. The number of amides is 2. The van der Waals surface area contributed by atoms with Crippen LogP contribution in [-0.4, -0.2) is 88.1 Å². The van der Waals surface area contributed by atoms with Crippen molar-refractivity contribution in [2.45, 2.75) is 69.5 Å². The molecule has 0 bridgehead atoms. The highest BCUT2D eigenvalue weighted by Crippen LogP contribution is 2.33. The van der Waals surface area contributed by atoms with Gasteiger partial charge < -0.3 is 25.0 Å². The number of ether oxygens (including phenoxy) is 1. The van der Waals surface area contributed by atoms with Gasteiger partial charge in [0.2, 0.25) is 0 Å². The van der Waals surface area contributed by atoms with Crippen molar-refractivity contribution in [3.05, 3.63) is 47.3 Å². The minimum atomic E-state index is -2.82. The fourth-order valence-corrected chi connectivity index (χ4v) is 4.96. The third kappa shape index (κ3) is 8.21. The van der Waals surface area contributed by atoms with Crippen molar-refractivity contribution in [1.29, 1.82) is 5.26 Å². The fraction of sp³-hybridized carbons (Fsp3) is 0.577.